The van der Waals surface area contributed by atoms with E-state index in [1.807, 2.05) is 43.9 Å². The Labute approximate surface area is 427 Å². The van der Waals surface area contributed by atoms with Gasteiger partial charge in [0, 0.05) is 86.4 Å². The fraction of sp³-hybridized carbons (Fsp3) is 0.792. The number of carbonyl (C=O) groups is 5. The van der Waals surface area contributed by atoms with Crippen LogP contribution >= 0.6 is 0 Å². The van der Waals surface area contributed by atoms with E-state index in [-0.39, 0.29) is 38.0 Å². The van der Waals surface area contributed by atoms with E-state index < -0.39 is 127 Å². The standard InChI is InChI=1S/C53H86N2O17/c1-15-41(58)69-39-28-43(60)65-32(4)22-24-55(25-23-37-20-18-17-19-21-37)30-40(68-35(7)56)31(3)26-38(27-44(62-12)63-13)46(50(39)64-14)51-48(61)47(54(10)11)49(33(5)67-51)71-45-29-53(9,72-36(8)57)52(34(6)66-45)70-42(59)16-2/h17-21,31-34,38-40,44-52,61H,15-16,22-30H2,1-14H3/t31-,32-,33-,34+,38-,39-,40+,45+,46+,47-,48-,49-,50-,51+,52+,53-/m1/s1. The number of aliphatic hydroxyl groups is 1. The first-order valence-electron chi connectivity index (χ1n) is 25.7. The molecule has 4 rings (SSSR count). The number of methoxy groups -OCH3 is 3. The quantitative estimate of drug-likeness (QED) is 0.116. The number of cyclic esters (lactones) is 1. The Bertz CT molecular complexity index is 1850. The molecule has 3 aliphatic heterocycles. The van der Waals surface area contributed by atoms with Gasteiger partial charge in [-0.05, 0) is 78.5 Å². The molecule has 0 saturated carbocycles. The molecule has 0 aromatic heterocycles. The number of carbonyl (C=O) groups excluding carboxylic acids is 5. The monoisotopic (exact) mass is 1020 g/mol. The zero-order valence-electron chi connectivity index (χ0n) is 45.3. The smallest absolute Gasteiger partial charge is 0.309 e. The minimum Gasteiger partial charge on any atom is -0.463 e. The maximum Gasteiger partial charge on any atom is 0.309 e. The van der Waals surface area contributed by atoms with Crippen LogP contribution in [0.3, 0.4) is 0 Å². The second-order valence-electron chi connectivity index (χ2n) is 20.2. The summed E-state index contributed by atoms with van der Waals surface area (Å²) >= 11 is 0. The van der Waals surface area contributed by atoms with E-state index in [9.17, 15) is 29.1 Å². The van der Waals surface area contributed by atoms with E-state index >= 15 is 0 Å². The third kappa shape index (κ3) is 17.1. The summed E-state index contributed by atoms with van der Waals surface area (Å²) in [5.74, 6) is -4.46. The van der Waals surface area contributed by atoms with E-state index in [1.165, 1.54) is 35.2 Å². The van der Waals surface area contributed by atoms with Crippen LogP contribution in [-0.2, 0) is 82.5 Å². The van der Waals surface area contributed by atoms with Crippen LogP contribution in [0.25, 0.3) is 0 Å². The predicted octanol–water partition coefficient (Wildman–Crippen LogP) is 5.03. The first-order chi connectivity index (χ1) is 34.1. The third-order valence-electron chi connectivity index (χ3n) is 14.4. The van der Waals surface area contributed by atoms with Crippen molar-refractivity contribution in [3.05, 3.63) is 35.9 Å². The van der Waals surface area contributed by atoms with E-state index in [0.717, 1.165) is 12.0 Å². The SMILES string of the molecule is CCC(=O)O[C@@H]1CC(=O)O[C@H](C)CCN(CCc2ccccc2)C[C@H](OC(C)=O)[C@H](C)C[C@H](CC(OC)OC)[C@H]([C@@H]2O[C@H](C)[C@@H](O[C@H]3C[C@@](C)(OC(C)=O)[C@@H](OC(=O)CC)[C@H](C)O3)[C@H](N(C)C)[C@H]2O)[C@@H]1OC. The lowest BCUT2D eigenvalue weighted by atomic mass is 9.70. The lowest BCUT2D eigenvalue weighted by Crippen LogP contribution is -2.67. The molecule has 0 bridgehead atoms. The Balaban J connectivity index is 1.86. The second-order valence-corrected chi connectivity index (χ2v) is 20.2. The van der Waals surface area contributed by atoms with Crippen molar-refractivity contribution >= 4 is 29.8 Å². The number of nitrogens with zero attached hydrogens (tertiary/aromatic N) is 2. The van der Waals surface area contributed by atoms with Gasteiger partial charge in [0.15, 0.2) is 24.3 Å². The van der Waals surface area contributed by atoms with Crippen molar-refractivity contribution in [2.24, 2.45) is 17.8 Å². The molecule has 3 heterocycles. The Morgan fingerprint density at radius 2 is 1.53 bits per heavy atom. The van der Waals surface area contributed by atoms with E-state index in [0.29, 0.717) is 32.5 Å². The molecule has 410 valence electrons. The highest BCUT2D eigenvalue weighted by Crippen LogP contribution is 2.44. The highest BCUT2D eigenvalue weighted by molar-refractivity contribution is 5.73. The molecule has 0 radical (unpaired) electrons. The van der Waals surface area contributed by atoms with Crippen molar-refractivity contribution in [1.29, 1.82) is 0 Å². The number of likely N-dealkylation sites (N-methyl/N-ethyl adjacent to an activating group) is 1. The Hall–Kier alpha value is -3.79. The van der Waals surface area contributed by atoms with Crippen LogP contribution in [0.15, 0.2) is 30.3 Å². The molecule has 0 amide bonds. The van der Waals surface area contributed by atoms with Gasteiger partial charge in [0.1, 0.15) is 30.5 Å². The largest absolute Gasteiger partial charge is 0.463 e. The second kappa shape index (κ2) is 28.8. The van der Waals surface area contributed by atoms with Crippen molar-refractivity contribution in [2.45, 2.75) is 199 Å². The fourth-order valence-electron chi connectivity index (χ4n) is 10.8. The highest BCUT2D eigenvalue weighted by Gasteiger charge is 2.56. The molecular weight excluding hydrogens is 937 g/mol. The normalized spacial score (nSPS) is 34.6. The van der Waals surface area contributed by atoms with Crippen LogP contribution in [0.4, 0.5) is 0 Å². The molecule has 1 aromatic carbocycles. The first kappa shape index (κ1) is 60.8. The minimum absolute atomic E-state index is 0.00324. The van der Waals surface area contributed by atoms with E-state index in [4.69, 9.17) is 52.1 Å². The van der Waals surface area contributed by atoms with E-state index in [2.05, 4.69) is 17.0 Å². The number of hydrogen-bond acceptors (Lipinski definition) is 19. The summed E-state index contributed by atoms with van der Waals surface area (Å²) < 4.78 is 68.3. The Morgan fingerprint density at radius 1 is 0.875 bits per heavy atom. The lowest BCUT2D eigenvalue weighted by molar-refractivity contribution is -0.320. The molecule has 19 nitrogen and oxygen atoms in total. The van der Waals surface area contributed by atoms with Crippen LogP contribution in [-0.4, -0.2) is 185 Å². The van der Waals surface area contributed by atoms with Crippen LogP contribution in [0.5, 0.6) is 0 Å². The van der Waals surface area contributed by atoms with Crippen molar-refractivity contribution in [2.75, 3.05) is 55.1 Å². The summed E-state index contributed by atoms with van der Waals surface area (Å²) in [5.41, 5.74) is -0.191. The number of rotatable bonds is 18. The molecular formula is C53H86N2O17. The summed E-state index contributed by atoms with van der Waals surface area (Å²) in [6, 6.07) is 9.30. The van der Waals surface area contributed by atoms with Gasteiger partial charge >= 0.3 is 29.8 Å². The van der Waals surface area contributed by atoms with Crippen LogP contribution in [0.2, 0.25) is 0 Å². The number of benzene rings is 1. The first-order valence-corrected chi connectivity index (χ1v) is 25.7. The lowest BCUT2D eigenvalue weighted by Gasteiger charge is -2.53. The van der Waals surface area contributed by atoms with Crippen LogP contribution in [0.1, 0.15) is 113 Å². The van der Waals surface area contributed by atoms with Gasteiger partial charge < -0.3 is 62.1 Å². The summed E-state index contributed by atoms with van der Waals surface area (Å²) in [5, 5.41) is 13.0. The zero-order chi connectivity index (χ0) is 53.4. The molecule has 3 fully saturated rings. The molecule has 72 heavy (non-hydrogen) atoms. The van der Waals surface area contributed by atoms with Gasteiger partial charge in [0.05, 0.1) is 36.9 Å². The van der Waals surface area contributed by atoms with Crippen molar-refractivity contribution in [1.82, 2.24) is 9.80 Å². The average molecular weight is 1020 g/mol. The molecule has 16 atom stereocenters. The molecule has 0 aliphatic carbocycles. The number of hydrogen-bond donors (Lipinski definition) is 1. The van der Waals surface area contributed by atoms with Gasteiger partial charge in [0.2, 0.25) is 0 Å². The summed E-state index contributed by atoms with van der Waals surface area (Å²) in [6.45, 7) is 16.5. The topological polar surface area (TPSA) is 214 Å². The maximum absolute atomic E-state index is 14.1. The third-order valence-corrected chi connectivity index (χ3v) is 14.4. The van der Waals surface area contributed by atoms with Gasteiger partial charge in [-0.25, -0.2) is 0 Å². The fourth-order valence-corrected chi connectivity index (χ4v) is 10.8. The molecule has 1 aromatic rings. The average Bonchev–Trinajstić information content (AvgIpc) is 3.31. The van der Waals surface area contributed by atoms with Gasteiger partial charge in [-0.3, -0.25) is 28.9 Å². The van der Waals surface area contributed by atoms with Crippen molar-refractivity contribution in [3.8, 4) is 0 Å². The number of aliphatic hydroxyl groups excluding tert-OH is 1. The van der Waals surface area contributed by atoms with Gasteiger partial charge in [-0.15, -0.1) is 0 Å². The molecule has 1 N–H and O–H groups in total. The molecule has 3 saturated heterocycles. The molecule has 3 aliphatic rings. The van der Waals surface area contributed by atoms with Gasteiger partial charge in [-0.1, -0.05) is 51.1 Å². The van der Waals surface area contributed by atoms with Crippen LogP contribution < -0.4 is 0 Å². The summed E-state index contributed by atoms with van der Waals surface area (Å²) in [7, 11) is 8.12. The van der Waals surface area contributed by atoms with Gasteiger partial charge in [0.25, 0.3) is 0 Å². The summed E-state index contributed by atoms with van der Waals surface area (Å²) in [4.78, 5) is 69.6. The Kier molecular flexibility index (Phi) is 24.3. The van der Waals surface area contributed by atoms with Crippen molar-refractivity contribution < 1.29 is 81.2 Å². The molecule has 19 heteroatoms. The predicted molar refractivity (Wildman–Crippen MR) is 263 cm³/mol. The molecule has 0 unspecified atom stereocenters. The highest BCUT2D eigenvalue weighted by atomic mass is 16.7. The van der Waals surface area contributed by atoms with Gasteiger partial charge in [-0.2, -0.15) is 0 Å². The van der Waals surface area contributed by atoms with Crippen molar-refractivity contribution in [3.63, 3.8) is 0 Å². The summed E-state index contributed by atoms with van der Waals surface area (Å²) in [6.07, 6.45) is -9.58. The number of ether oxygens (including phenoxy) is 11. The Morgan fingerprint density at radius 3 is 2.11 bits per heavy atom. The molecule has 0 spiro atoms. The number of esters is 5. The minimum atomic E-state index is -1.35. The maximum atomic E-state index is 14.1. The van der Waals surface area contributed by atoms with E-state index in [1.54, 1.807) is 41.8 Å². The van der Waals surface area contributed by atoms with Crippen LogP contribution in [0, 0.1) is 17.8 Å². The zero-order valence-corrected chi connectivity index (χ0v) is 45.3.